The molecule has 1 aromatic carbocycles. The van der Waals surface area contributed by atoms with Crippen molar-refractivity contribution in [3.63, 3.8) is 0 Å². The van der Waals surface area contributed by atoms with Gasteiger partial charge in [-0.25, -0.2) is 0 Å². The molecule has 0 radical (unpaired) electrons. The molecule has 0 aliphatic carbocycles. The molecule has 0 atom stereocenters. The number of hydrogen-bond donors (Lipinski definition) is 1. The van der Waals surface area contributed by atoms with E-state index in [0.29, 0.717) is 6.04 Å². The summed E-state index contributed by atoms with van der Waals surface area (Å²) in [5, 5.41) is 0. The van der Waals surface area contributed by atoms with Crippen LogP contribution in [0.1, 0.15) is 12.5 Å². The first-order valence-corrected chi connectivity index (χ1v) is 7.22. The van der Waals surface area contributed by atoms with Crippen LogP contribution in [0.2, 0.25) is 0 Å². The predicted molar refractivity (Wildman–Crippen MR) is 78.6 cm³/mol. The molecule has 0 aromatic heterocycles. The smallest absolute Gasteiger partial charge is 0.0645 e. The topological polar surface area (TPSA) is 41.7 Å². The molecule has 0 bridgehead atoms. The van der Waals surface area contributed by atoms with Crippen LogP contribution in [-0.4, -0.2) is 50.3 Å². The van der Waals surface area contributed by atoms with Gasteiger partial charge in [0.2, 0.25) is 0 Å². The maximum Gasteiger partial charge on any atom is 0.0645 e. The second-order valence-electron chi connectivity index (χ2n) is 5.50. The lowest BCUT2D eigenvalue weighted by Crippen LogP contribution is -2.56. The molecule has 0 saturated carbocycles. The lowest BCUT2D eigenvalue weighted by molar-refractivity contribution is -0.0660. The fourth-order valence-electron chi connectivity index (χ4n) is 2.87. The summed E-state index contributed by atoms with van der Waals surface area (Å²) in [6.07, 6.45) is 1.04. The highest BCUT2D eigenvalue weighted by molar-refractivity contribution is 5.58. The zero-order chi connectivity index (χ0) is 13.2. The third-order valence-electron chi connectivity index (χ3n) is 4.22. The van der Waals surface area contributed by atoms with Crippen molar-refractivity contribution in [1.29, 1.82) is 0 Å². The van der Waals surface area contributed by atoms with Gasteiger partial charge >= 0.3 is 0 Å². The standard InChI is InChI=1S/C15H23N3O/c1-2-12-7-13(16)9-14(8-12)17-3-5-18(6-4-17)15-10-19-11-15/h7-9,15H,2-6,10-11,16H2,1H3. The number of rotatable bonds is 3. The summed E-state index contributed by atoms with van der Waals surface area (Å²) in [6.45, 7) is 8.43. The molecule has 19 heavy (non-hydrogen) atoms. The first-order valence-electron chi connectivity index (χ1n) is 7.22. The number of benzene rings is 1. The quantitative estimate of drug-likeness (QED) is 0.834. The second-order valence-corrected chi connectivity index (χ2v) is 5.50. The Kier molecular flexibility index (Phi) is 3.62. The Hall–Kier alpha value is -1.26. The van der Waals surface area contributed by atoms with Gasteiger partial charge in [0.25, 0.3) is 0 Å². The Labute approximate surface area is 115 Å². The van der Waals surface area contributed by atoms with Crippen molar-refractivity contribution in [2.45, 2.75) is 19.4 Å². The van der Waals surface area contributed by atoms with Gasteiger partial charge in [-0.2, -0.15) is 0 Å². The highest BCUT2D eigenvalue weighted by Gasteiger charge is 2.28. The van der Waals surface area contributed by atoms with E-state index in [2.05, 4.69) is 34.9 Å². The van der Waals surface area contributed by atoms with Crippen molar-refractivity contribution in [2.24, 2.45) is 0 Å². The zero-order valence-corrected chi connectivity index (χ0v) is 11.6. The largest absolute Gasteiger partial charge is 0.399 e. The molecule has 4 heteroatoms. The molecule has 1 aromatic rings. The van der Waals surface area contributed by atoms with Gasteiger partial charge in [-0.15, -0.1) is 0 Å². The molecule has 2 N–H and O–H groups in total. The van der Waals surface area contributed by atoms with Crippen LogP contribution in [0.5, 0.6) is 0 Å². The summed E-state index contributed by atoms with van der Waals surface area (Å²) < 4.78 is 5.27. The van der Waals surface area contributed by atoms with Crippen LogP contribution in [0.25, 0.3) is 0 Å². The highest BCUT2D eigenvalue weighted by Crippen LogP contribution is 2.23. The van der Waals surface area contributed by atoms with E-state index in [4.69, 9.17) is 10.5 Å². The van der Waals surface area contributed by atoms with E-state index in [1.54, 1.807) is 0 Å². The molecule has 2 aliphatic heterocycles. The average molecular weight is 261 g/mol. The van der Waals surface area contributed by atoms with Crippen molar-refractivity contribution in [2.75, 3.05) is 50.0 Å². The number of nitrogens with zero attached hydrogens (tertiary/aromatic N) is 2. The minimum atomic E-state index is 0.661. The summed E-state index contributed by atoms with van der Waals surface area (Å²) in [5.41, 5.74) is 9.48. The molecule has 104 valence electrons. The average Bonchev–Trinajstić information content (AvgIpc) is 2.37. The van der Waals surface area contributed by atoms with E-state index >= 15 is 0 Å². The van der Waals surface area contributed by atoms with E-state index in [-0.39, 0.29) is 0 Å². The zero-order valence-electron chi connectivity index (χ0n) is 11.6. The molecule has 4 nitrogen and oxygen atoms in total. The van der Waals surface area contributed by atoms with E-state index in [9.17, 15) is 0 Å². The monoisotopic (exact) mass is 261 g/mol. The Morgan fingerprint density at radius 2 is 1.89 bits per heavy atom. The van der Waals surface area contributed by atoms with Gasteiger partial charge in [-0.3, -0.25) is 4.90 Å². The van der Waals surface area contributed by atoms with Crippen molar-refractivity contribution < 1.29 is 4.74 Å². The fourth-order valence-corrected chi connectivity index (χ4v) is 2.87. The third-order valence-corrected chi connectivity index (χ3v) is 4.22. The Bertz CT molecular complexity index is 437. The molecular weight excluding hydrogens is 238 g/mol. The lowest BCUT2D eigenvalue weighted by atomic mass is 10.1. The van der Waals surface area contributed by atoms with Crippen LogP contribution in [0.15, 0.2) is 18.2 Å². The second kappa shape index (κ2) is 5.39. The van der Waals surface area contributed by atoms with E-state index in [0.717, 1.165) is 51.5 Å². The Balaban J connectivity index is 1.65. The highest BCUT2D eigenvalue weighted by atomic mass is 16.5. The summed E-state index contributed by atoms with van der Waals surface area (Å²) >= 11 is 0. The van der Waals surface area contributed by atoms with Gasteiger partial charge < -0.3 is 15.4 Å². The minimum Gasteiger partial charge on any atom is -0.399 e. The van der Waals surface area contributed by atoms with Crippen LogP contribution in [-0.2, 0) is 11.2 Å². The molecular formula is C15H23N3O. The minimum absolute atomic E-state index is 0.661. The first kappa shape index (κ1) is 12.8. The molecule has 0 unspecified atom stereocenters. The first-order chi connectivity index (χ1) is 9.26. The Morgan fingerprint density at radius 3 is 2.47 bits per heavy atom. The number of hydrogen-bond acceptors (Lipinski definition) is 4. The van der Waals surface area contributed by atoms with Gasteiger partial charge in [0.1, 0.15) is 0 Å². The van der Waals surface area contributed by atoms with Gasteiger partial charge in [0.15, 0.2) is 0 Å². The molecule has 2 fully saturated rings. The van der Waals surface area contributed by atoms with Crippen LogP contribution >= 0.6 is 0 Å². The SMILES string of the molecule is CCc1cc(N)cc(N2CCN(C3COC3)CC2)c1. The number of piperazine rings is 1. The number of aryl methyl sites for hydroxylation is 1. The summed E-state index contributed by atoms with van der Waals surface area (Å²) in [4.78, 5) is 5.00. The van der Waals surface area contributed by atoms with Crippen molar-refractivity contribution in [3.05, 3.63) is 23.8 Å². The molecule has 2 heterocycles. The molecule has 2 saturated heterocycles. The predicted octanol–water partition coefficient (Wildman–Crippen LogP) is 1.35. The number of nitrogens with two attached hydrogens (primary N) is 1. The van der Waals surface area contributed by atoms with Gasteiger partial charge in [-0.1, -0.05) is 6.92 Å². The number of nitrogen functional groups attached to an aromatic ring is 1. The van der Waals surface area contributed by atoms with Crippen molar-refractivity contribution in [1.82, 2.24) is 4.90 Å². The van der Waals surface area contributed by atoms with Crippen molar-refractivity contribution >= 4 is 11.4 Å². The summed E-state index contributed by atoms with van der Waals surface area (Å²) in [6, 6.07) is 7.11. The van der Waals surface area contributed by atoms with Gasteiger partial charge in [0.05, 0.1) is 19.3 Å². The Morgan fingerprint density at radius 1 is 1.16 bits per heavy atom. The van der Waals surface area contributed by atoms with Crippen molar-refractivity contribution in [3.8, 4) is 0 Å². The summed E-state index contributed by atoms with van der Waals surface area (Å²) in [7, 11) is 0. The molecule has 3 rings (SSSR count). The van der Waals surface area contributed by atoms with E-state index < -0.39 is 0 Å². The van der Waals surface area contributed by atoms with E-state index in [1.165, 1.54) is 11.3 Å². The van der Waals surface area contributed by atoms with Gasteiger partial charge in [0, 0.05) is 37.6 Å². The fraction of sp³-hybridized carbons (Fsp3) is 0.600. The number of ether oxygens (including phenoxy) is 1. The maximum absolute atomic E-state index is 5.99. The lowest BCUT2D eigenvalue weighted by Gasteiger charge is -2.43. The van der Waals surface area contributed by atoms with Crippen LogP contribution in [0, 0.1) is 0 Å². The van der Waals surface area contributed by atoms with Crippen LogP contribution in [0.3, 0.4) is 0 Å². The maximum atomic E-state index is 5.99. The molecule has 0 amide bonds. The van der Waals surface area contributed by atoms with Crippen LogP contribution < -0.4 is 10.6 Å². The summed E-state index contributed by atoms with van der Waals surface area (Å²) in [5.74, 6) is 0. The third kappa shape index (κ3) is 2.69. The molecule has 2 aliphatic rings. The van der Waals surface area contributed by atoms with Gasteiger partial charge in [-0.05, 0) is 30.2 Å². The van der Waals surface area contributed by atoms with Crippen LogP contribution in [0.4, 0.5) is 11.4 Å². The molecule has 0 spiro atoms. The normalized spacial score (nSPS) is 21.4. The number of anilines is 2. The van der Waals surface area contributed by atoms with E-state index in [1.807, 2.05) is 0 Å².